The van der Waals surface area contributed by atoms with Crippen molar-refractivity contribution in [2.45, 2.75) is 58.6 Å². The fourth-order valence-electron chi connectivity index (χ4n) is 3.15. The number of nitrogens with zero attached hydrogens (tertiary/aromatic N) is 1. The van der Waals surface area contributed by atoms with Crippen LogP contribution in [0.2, 0.25) is 0 Å². The topological polar surface area (TPSA) is 75.7 Å². The van der Waals surface area contributed by atoms with Crippen molar-refractivity contribution < 1.29 is 19.1 Å². The Morgan fingerprint density at radius 1 is 1.07 bits per heavy atom. The van der Waals surface area contributed by atoms with E-state index in [4.69, 9.17) is 4.74 Å². The van der Waals surface area contributed by atoms with Crippen molar-refractivity contribution in [3.63, 3.8) is 0 Å². The van der Waals surface area contributed by atoms with Gasteiger partial charge in [-0.15, -0.1) is 0 Å². The predicted octanol–water partition coefficient (Wildman–Crippen LogP) is 2.78. The van der Waals surface area contributed by atoms with E-state index >= 15 is 0 Å². The molecule has 0 bridgehead atoms. The van der Waals surface area contributed by atoms with E-state index in [9.17, 15) is 14.4 Å². The Balaban J connectivity index is 2.01. The minimum absolute atomic E-state index is 0.109. The quantitative estimate of drug-likeness (QED) is 0.745. The molecule has 27 heavy (non-hydrogen) atoms. The molecule has 148 valence electrons. The minimum atomic E-state index is -0.851. The SMILES string of the molecule is CC[C@H](C)[C@H](NC(=O)c1ccccc1)C(=O)O[C@@H](C)C(=O)N1CCCCC1. The molecule has 1 saturated heterocycles. The molecule has 0 unspecified atom stereocenters. The van der Waals surface area contributed by atoms with Gasteiger partial charge in [0.15, 0.2) is 6.10 Å². The van der Waals surface area contributed by atoms with E-state index in [-0.39, 0.29) is 17.7 Å². The predicted molar refractivity (Wildman–Crippen MR) is 103 cm³/mol. The molecule has 0 spiro atoms. The van der Waals surface area contributed by atoms with Crippen LogP contribution in [0.4, 0.5) is 0 Å². The Hall–Kier alpha value is -2.37. The number of carbonyl (C=O) groups is 3. The summed E-state index contributed by atoms with van der Waals surface area (Å²) in [5.74, 6) is -1.16. The number of likely N-dealkylation sites (tertiary alicyclic amines) is 1. The summed E-state index contributed by atoms with van der Waals surface area (Å²) in [4.78, 5) is 39.4. The van der Waals surface area contributed by atoms with E-state index in [1.165, 1.54) is 0 Å². The zero-order chi connectivity index (χ0) is 19.8. The van der Waals surface area contributed by atoms with Crippen LogP contribution in [-0.4, -0.2) is 47.9 Å². The van der Waals surface area contributed by atoms with Crippen molar-refractivity contribution >= 4 is 17.8 Å². The van der Waals surface area contributed by atoms with Gasteiger partial charge in [0.2, 0.25) is 0 Å². The van der Waals surface area contributed by atoms with Gasteiger partial charge in [0, 0.05) is 18.7 Å². The lowest BCUT2D eigenvalue weighted by Gasteiger charge is -2.30. The summed E-state index contributed by atoms with van der Waals surface area (Å²) >= 11 is 0. The average Bonchev–Trinajstić information content (AvgIpc) is 2.71. The zero-order valence-corrected chi connectivity index (χ0v) is 16.4. The standard InChI is InChI=1S/C21H30N2O4/c1-4-15(2)18(22-19(24)17-11-7-5-8-12-17)21(26)27-16(3)20(25)23-13-9-6-10-14-23/h5,7-8,11-12,15-16,18H,4,6,9-10,13-14H2,1-3H3,(H,22,24)/t15-,16-,18-/m0/s1. The van der Waals surface area contributed by atoms with Crippen molar-refractivity contribution in [2.24, 2.45) is 5.92 Å². The highest BCUT2D eigenvalue weighted by atomic mass is 16.5. The second kappa shape index (κ2) is 10.1. The summed E-state index contributed by atoms with van der Waals surface area (Å²) in [5, 5.41) is 2.77. The van der Waals surface area contributed by atoms with Gasteiger partial charge in [0.1, 0.15) is 6.04 Å². The van der Waals surface area contributed by atoms with Crippen LogP contribution in [0.15, 0.2) is 30.3 Å². The lowest BCUT2D eigenvalue weighted by Crippen LogP contribution is -2.49. The molecule has 1 fully saturated rings. The average molecular weight is 374 g/mol. The summed E-state index contributed by atoms with van der Waals surface area (Å²) in [6.45, 7) is 6.85. The Kier molecular flexibility index (Phi) is 7.82. The van der Waals surface area contributed by atoms with Crippen molar-refractivity contribution in [1.82, 2.24) is 10.2 Å². The second-order valence-corrected chi connectivity index (χ2v) is 7.17. The molecule has 0 aromatic heterocycles. The third-order valence-corrected chi connectivity index (χ3v) is 5.10. The van der Waals surface area contributed by atoms with E-state index in [0.717, 1.165) is 19.3 Å². The molecule has 2 amide bonds. The van der Waals surface area contributed by atoms with Crippen LogP contribution in [0.3, 0.4) is 0 Å². The fraction of sp³-hybridized carbons (Fsp3) is 0.571. The highest BCUT2D eigenvalue weighted by Gasteiger charge is 2.32. The smallest absolute Gasteiger partial charge is 0.329 e. The van der Waals surface area contributed by atoms with Crippen LogP contribution in [0.5, 0.6) is 0 Å². The molecule has 1 aromatic carbocycles. The van der Waals surface area contributed by atoms with Crippen LogP contribution in [0.1, 0.15) is 56.8 Å². The second-order valence-electron chi connectivity index (χ2n) is 7.17. The number of piperidine rings is 1. The molecule has 1 aliphatic rings. The third kappa shape index (κ3) is 5.81. The molecular formula is C21H30N2O4. The normalized spacial score (nSPS) is 17.5. The van der Waals surface area contributed by atoms with Crippen LogP contribution >= 0.6 is 0 Å². The molecule has 1 aromatic rings. The van der Waals surface area contributed by atoms with Gasteiger partial charge in [-0.05, 0) is 44.2 Å². The number of rotatable bonds is 7. The maximum absolute atomic E-state index is 12.7. The summed E-state index contributed by atoms with van der Waals surface area (Å²) in [6.07, 6.45) is 2.93. The molecule has 0 radical (unpaired) electrons. The molecule has 1 heterocycles. The summed E-state index contributed by atoms with van der Waals surface area (Å²) < 4.78 is 5.44. The number of benzene rings is 1. The number of amides is 2. The Morgan fingerprint density at radius 2 is 1.70 bits per heavy atom. The molecule has 1 aliphatic heterocycles. The monoisotopic (exact) mass is 374 g/mol. The fourth-order valence-corrected chi connectivity index (χ4v) is 3.15. The molecule has 6 heteroatoms. The van der Waals surface area contributed by atoms with Gasteiger partial charge in [-0.2, -0.15) is 0 Å². The van der Waals surface area contributed by atoms with E-state index in [1.807, 2.05) is 19.9 Å². The van der Waals surface area contributed by atoms with Gasteiger partial charge >= 0.3 is 5.97 Å². The molecule has 2 rings (SSSR count). The first-order valence-corrected chi connectivity index (χ1v) is 9.79. The zero-order valence-electron chi connectivity index (χ0n) is 16.4. The first kappa shape index (κ1) is 20.9. The third-order valence-electron chi connectivity index (χ3n) is 5.10. The maximum Gasteiger partial charge on any atom is 0.329 e. The summed E-state index contributed by atoms with van der Waals surface area (Å²) in [5.41, 5.74) is 0.482. The van der Waals surface area contributed by atoms with Crippen LogP contribution in [0, 0.1) is 5.92 Å². The van der Waals surface area contributed by atoms with Crippen LogP contribution < -0.4 is 5.32 Å². The van der Waals surface area contributed by atoms with E-state index < -0.39 is 18.1 Å². The molecule has 1 N–H and O–H groups in total. The number of ether oxygens (including phenoxy) is 1. The summed E-state index contributed by atoms with van der Waals surface area (Å²) in [6, 6.07) is 7.95. The van der Waals surface area contributed by atoms with Gasteiger partial charge in [0.25, 0.3) is 11.8 Å². The van der Waals surface area contributed by atoms with Gasteiger partial charge in [-0.3, -0.25) is 9.59 Å². The van der Waals surface area contributed by atoms with E-state index in [2.05, 4.69) is 5.32 Å². The molecule has 3 atom stereocenters. The molecule has 0 aliphatic carbocycles. The van der Waals surface area contributed by atoms with Crippen LogP contribution in [0.25, 0.3) is 0 Å². The first-order valence-electron chi connectivity index (χ1n) is 9.79. The molecular weight excluding hydrogens is 344 g/mol. The van der Waals surface area contributed by atoms with Crippen LogP contribution in [-0.2, 0) is 14.3 Å². The maximum atomic E-state index is 12.7. The van der Waals surface area contributed by atoms with E-state index in [0.29, 0.717) is 25.1 Å². The van der Waals surface area contributed by atoms with Crippen molar-refractivity contribution in [3.05, 3.63) is 35.9 Å². The Morgan fingerprint density at radius 3 is 2.30 bits per heavy atom. The summed E-state index contributed by atoms with van der Waals surface area (Å²) in [7, 11) is 0. The lowest BCUT2D eigenvalue weighted by molar-refractivity contribution is -0.162. The van der Waals surface area contributed by atoms with Crippen molar-refractivity contribution in [3.8, 4) is 0 Å². The Labute approximate surface area is 161 Å². The van der Waals surface area contributed by atoms with E-state index in [1.54, 1.807) is 36.1 Å². The Bertz CT molecular complexity index is 641. The van der Waals surface area contributed by atoms with Gasteiger partial charge in [-0.25, -0.2) is 4.79 Å². The molecule has 0 saturated carbocycles. The number of esters is 1. The lowest BCUT2D eigenvalue weighted by atomic mass is 9.98. The van der Waals surface area contributed by atoms with Gasteiger partial charge in [-0.1, -0.05) is 38.5 Å². The molecule has 6 nitrogen and oxygen atoms in total. The minimum Gasteiger partial charge on any atom is -0.451 e. The highest BCUT2D eigenvalue weighted by molar-refractivity contribution is 5.97. The highest BCUT2D eigenvalue weighted by Crippen LogP contribution is 2.15. The van der Waals surface area contributed by atoms with Gasteiger partial charge in [0.05, 0.1) is 0 Å². The number of hydrogen-bond acceptors (Lipinski definition) is 4. The number of hydrogen-bond donors (Lipinski definition) is 1. The number of carbonyl (C=O) groups excluding carboxylic acids is 3. The largest absolute Gasteiger partial charge is 0.451 e. The van der Waals surface area contributed by atoms with Crippen molar-refractivity contribution in [1.29, 1.82) is 0 Å². The van der Waals surface area contributed by atoms with Gasteiger partial charge < -0.3 is 15.0 Å². The first-order chi connectivity index (χ1) is 12.9. The number of nitrogens with one attached hydrogen (secondary N) is 1. The van der Waals surface area contributed by atoms with Crippen molar-refractivity contribution in [2.75, 3.05) is 13.1 Å².